The van der Waals surface area contributed by atoms with Gasteiger partial charge in [-0.05, 0) is 46.2 Å². The average molecular weight is 350 g/mol. The van der Waals surface area contributed by atoms with E-state index in [0.29, 0.717) is 5.95 Å². The number of H-pyrrole nitrogens is 1. The first kappa shape index (κ1) is 15.6. The van der Waals surface area contributed by atoms with Crippen molar-refractivity contribution < 1.29 is 0 Å². The molecule has 0 radical (unpaired) electrons. The molecule has 4 heteroatoms. The first-order valence-corrected chi connectivity index (χ1v) is 8.95. The van der Waals surface area contributed by atoms with Gasteiger partial charge in [-0.15, -0.1) is 0 Å². The number of nitrogens with one attached hydrogen (secondary N) is 2. The molecule has 0 atom stereocenters. The quantitative estimate of drug-likeness (QED) is 0.252. The van der Waals surface area contributed by atoms with E-state index < -0.39 is 0 Å². The van der Waals surface area contributed by atoms with Crippen LogP contribution >= 0.6 is 0 Å². The SMILES string of the molecule is Cc1c2ccccc2c(C=NNc2nc3ccccc3[nH]2)c2ccccc12. The lowest BCUT2D eigenvalue weighted by molar-refractivity contribution is 1.22. The van der Waals surface area contributed by atoms with Crippen LogP contribution in [0.1, 0.15) is 11.1 Å². The second-order valence-electron chi connectivity index (χ2n) is 6.60. The molecule has 0 aliphatic carbocycles. The van der Waals surface area contributed by atoms with Crippen molar-refractivity contribution in [1.29, 1.82) is 0 Å². The Morgan fingerprint density at radius 1 is 0.815 bits per heavy atom. The van der Waals surface area contributed by atoms with Crippen molar-refractivity contribution in [3.05, 3.63) is 83.9 Å². The topological polar surface area (TPSA) is 53.1 Å². The van der Waals surface area contributed by atoms with Gasteiger partial charge >= 0.3 is 0 Å². The number of hydrazone groups is 1. The van der Waals surface area contributed by atoms with Crippen LogP contribution in [0.5, 0.6) is 0 Å². The van der Waals surface area contributed by atoms with E-state index in [9.17, 15) is 0 Å². The Hall–Kier alpha value is -3.66. The number of fused-ring (bicyclic) bond motifs is 3. The molecule has 0 spiro atoms. The lowest BCUT2D eigenvalue weighted by Crippen LogP contribution is -1.95. The molecular weight excluding hydrogens is 332 g/mol. The van der Waals surface area contributed by atoms with Crippen LogP contribution in [0.2, 0.25) is 0 Å². The molecule has 27 heavy (non-hydrogen) atoms. The Morgan fingerprint density at radius 3 is 2.07 bits per heavy atom. The Labute approximate surface area is 156 Å². The van der Waals surface area contributed by atoms with Crippen LogP contribution in [0, 0.1) is 6.92 Å². The minimum atomic E-state index is 0.633. The molecule has 0 unspecified atom stereocenters. The molecule has 4 aromatic carbocycles. The molecule has 5 rings (SSSR count). The average Bonchev–Trinajstić information content (AvgIpc) is 3.13. The molecule has 130 valence electrons. The maximum absolute atomic E-state index is 4.50. The smallest absolute Gasteiger partial charge is 0.222 e. The van der Waals surface area contributed by atoms with E-state index in [1.165, 1.54) is 27.1 Å². The van der Waals surface area contributed by atoms with Crippen molar-refractivity contribution in [2.24, 2.45) is 5.10 Å². The van der Waals surface area contributed by atoms with E-state index in [-0.39, 0.29) is 0 Å². The predicted molar refractivity (Wildman–Crippen MR) is 114 cm³/mol. The summed E-state index contributed by atoms with van der Waals surface area (Å²) in [7, 11) is 0. The van der Waals surface area contributed by atoms with Crippen molar-refractivity contribution >= 4 is 44.7 Å². The zero-order valence-corrected chi connectivity index (χ0v) is 14.9. The van der Waals surface area contributed by atoms with Gasteiger partial charge in [0.15, 0.2) is 0 Å². The van der Waals surface area contributed by atoms with Gasteiger partial charge in [-0.1, -0.05) is 60.7 Å². The summed E-state index contributed by atoms with van der Waals surface area (Å²) in [4.78, 5) is 7.73. The lowest BCUT2D eigenvalue weighted by atomic mass is 9.93. The highest BCUT2D eigenvalue weighted by Crippen LogP contribution is 2.31. The highest BCUT2D eigenvalue weighted by Gasteiger charge is 2.09. The maximum atomic E-state index is 4.50. The van der Waals surface area contributed by atoms with E-state index in [0.717, 1.165) is 16.6 Å². The van der Waals surface area contributed by atoms with E-state index in [4.69, 9.17) is 0 Å². The Kier molecular flexibility index (Phi) is 3.61. The molecule has 0 fully saturated rings. The van der Waals surface area contributed by atoms with Crippen molar-refractivity contribution in [2.45, 2.75) is 6.92 Å². The fourth-order valence-corrected chi connectivity index (χ4v) is 3.68. The molecule has 5 aromatic rings. The molecule has 0 saturated heterocycles. The van der Waals surface area contributed by atoms with Crippen molar-refractivity contribution in [2.75, 3.05) is 5.43 Å². The van der Waals surface area contributed by atoms with Gasteiger partial charge in [0.05, 0.1) is 17.2 Å². The largest absolute Gasteiger partial charge is 0.323 e. The van der Waals surface area contributed by atoms with Crippen LogP contribution in [0.4, 0.5) is 5.95 Å². The number of rotatable bonds is 3. The van der Waals surface area contributed by atoms with Gasteiger partial charge in [-0.3, -0.25) is 0 Å². The van der Waals surface area contributed by atoms with Gasteiger partial charge < -0.3 is 4.98 Å². The van der Waals surface area contributed by atoms with Crippen molar-refractivity contribution in [3.63, 3.8) is 0 Å². The van der Waals surface area contributed by atoms with E-state index in [1.54, 1.807) is 0 Å². The number of aromatic nitrogens is 2. The lowest BCUT2D eigenvalue weighted by Gasteiger charge is -2.11. The summed E-state index contributed by atoms with van der Waals surface area (Å²) < 4.78 is 0. The van der Waals surface area contributed by atoms with Crippen molar-refractivity contribution in [1.82, 2.24) is 9.97 Å². The van der Waals surface area contributed by atoms with E-state index in [1.807, 2.05) is 30.5 Å². The predicted octanol–water partition coefficient (Wildman–Crippen LogP) is 5.62. The van der Waals surface area contributed by atoms with Crippen LogP contribution in [0.3, 0.4) is 0 Å². The Morgan fingerprint density at radius 2 is 1.41 bits per heavy atom. The molecule has 4 nitrogen and oxygen atoms in total. The summed E-state index contributed by atoms with van der Waals surface area (Å²) in [6.45, 7) is 2.18. The molecule has 1 aromatic heterocycles. The first-order valence-electron chi connectivity index (χ1n) is 8.95. The third-order valence-electron chi connectivity index (χ3n) is 5.00. The van der Waals surface area contributed by atoms with Crippen LogP contribution in [0.15, 0.2) is 77.9 Å². The number of nitrogens with zero attached hydrogens (tertiary/aromatic N) is 2. The van der Waals surface area contributed by atoms with Gasteiger partial charge in [0, 0.05) is 5.56 Å². The summed E-state index contributed by atoms with van der Waals surface area (Å²) in [5.74, 6) is 0.633. The summed E-state index contributed by atoms with van der Waals surface area (Å²) in [6.07, 6.45) is 1.89. The van der Waals surface area contributed by atoms with E-state index >= 15 is 0 Å². The van der Waals surface area contributed by atoms with Crippen LogP contribution in [-0.2, 0) is 0 Å². The van der Waals surface area contributed by atoms with Gasteiger partial charge in [0.2, 0.25) is 5.95 Å². The van der Waals surface area contributed by atoms with Gasteiger partial charge in [-0.2, -0.15) is 5.10 Å². The van der Waals surface area contributed by atoms with Crippen molar-refractivity contribution in [3.8, 4) is 0 Å². The standard InChI is InChI=1S/C23H18N4/c1-15-16-8-2-4-10-18(16)20(19-11-5-3-9-17(15)19)14-24-27-23-25-21-12-6-7-13-22(21)26-23/h2-14H,1H3,(H2,25,26,27). The number of aromatic amines is 1. The highest BCUT2D eigenvalue weighted by atomic mass is 15.3. The number of anilines is 1. The summed E-state index contributed by atoms with van der Waals surface area (Å²) in [5, 5.41) is 9.37. The number of para-hydroxylation sites is 2. The molecule has 0 bridgehead atoms. The van der Waals surface area contributed by atoms with Gasteiger partial charge in [0.1, 0.15) is 0 Å². The minimum Gasteiger partial charge on any atom is -0.323 e. The molecule has 1 heterocycles. The normalized spacial score (nSPS) is 11.7. The summed E-state index contributed by atoms with van der Waals surface area (Å²) in [6, 6.07) is 24.9. The molecule has 0 aliphatic rings. The highest BCUT2D eigenvalue weighted by molar-refractivity contribution is 6.15. The summed E-state index contributed by atoms with van der Waals surface area (Å²) >= 11 is 0. The fourth-order valence-electron chi connectivity index (χ4n) is 3.68. The second kappa shape index (κ2) is 6.25. The molecule has 0 amide bonds. The zero-order valence-electron chi connectivity index (χ0n) is 14.9. The number of hydrogen-bond acceptors (Lipinski definition) is 3. The van der Waals surface area contributed by atoms with Gasteiger partial charge in [-0.25, -0.2) is 10.4 Å². The molecule has 2 N–H and O–H groups in total. The molecule has 0 saturated carbocycles. The molecular formula is C23H18N4. The van der Waals surface area contributed by atoms with E-state index in [2.05, 4.69) is 75.9 Å². The van der Waals surface area contributed by atoms with Crippen LogP contribution < -0.4 is 5.43 Å². The first-order chi connectivity index (χ1) is 13.3. The number of aryl methyl sites for hydroxylation is 1. The maximum Gasteiger partial charge on any atom is 0.222 e. The third kappa shape index (κ3) is 2.62. The minimum absolute atomic E-state index is 0.633. The number of imidazole rings is 1. The van der Waals surface area contributed by atoms with Crippen LogP contribution in [0.25, 0.3) is 32.6 Å². The van der Waals surface area contributed by atoms with Gasteiger partial charge in [0.25, 0.3) is 0 Å². The monoisotopic (exact) mass is 350 g/mol. The Bertz CT molecular complexity index is 1220. The van der Waals surface area contributed by atoms with Crippen LogP contribution in [-0.4, -0.2) is 16.2 Å². The number of benzene rings is 4. The molecule has 0 aliphatic heterocycles. The zero-order chi connectivity index (χ0) is 18.2. The third-order valence-corrected chi connectivity index (χ3v) is 5.00. The number of hydrogen-bond donors (Lipinski definition) is 2. The summed E-state index contributed by atoms with van der Waals surface area (Å²) in [5.41, 5.74) is 7.34. The Balaban J connectivity index is 1.60. The fraction of sp³-hybridized carbons (Fsp3) is 0.0435. The second-order valence-corrected chi connectivity index (χ2v) is 6.60.